The molecule has 90 valence electrons. The van der Waals surface area contributed by atoms with Crippen molar-refractivity contribution in [1.82, 2.24) is 15.2 Å². The molecule has 5 heteroatoms. The predicted molar refractivity (Wildman–Crippen MR) is 66.6 cm³/mol. The Labute approximate surface area is 101 Å². The highest BCUT2D eigenvalue weighted by molar-refractivity contribution is 7.99. The van der Waals surface area contributed by atoms with Gasteiger partial charge in [-0.15, -0.1) is 5.10 Å². The summed E-state index contributed by atoms with van der Waals surface area (Å²) >= 11 is 1.70. The van der Waals surface area contributed by atoms with E-state index in [-0.39, 0.29) is 0 Å². The van der Waals surface area contributed by atoms with Crippen molar-refractivity contribution in [3.05, 3.63) is 5.82 Å². The number of thioether (sulfide) groups is 1. The molecule has 0 aliphatic heterocycles. The maximum Gasteiger partial charge on any atom is 0.208 e. The van der Waals surface area contributed by atoms with Gasteiger partial charge in [-0.2, -0.15) is 0 Å². The van der Waals surface area contributed by atoms with Gasteiger partial charge in [0.1, 0.15) is 5.82 Å². The summed E-state index contributed by atoms with van der Waals surface area (Å²) in [7, 11) is 0. The normalized spacial score (nSPS) is 17.8. The number of nitrogens with two attached hydrogens (primary N) is 1. The Bertz CT molecular complexity index is 307. The predicted octanol–water partition coefficient (Wildman–Crippen LogP) is 2.29. The second kappa shape index (κ2) is 6.25. The minimum atomic E-state index is 0.616. The summed E-state index contributed by atoms with van der Waals surface area (Å²) in [4.78, 5) is 4.56. The lowest BCUT2D eigenvalue weighted by Gasteiger charge is -2.18. The van der Waals surface area contributed by atoms with Crippen LogP contribution in [-0.4, -0.2) is 27.5 Å². The molecule has 1 aromatic heterocycles. The Morgan fingerprint density at radius 1 is 1.31 bits per heavy atom. The number of hydrogen-bond donors (Lipinski definition) is 2. The topological polar surface area (TPSA) is 67.6 Å². The molecule has 16 heavy (non-hydrogen) atoms. The fourth-order valence-corrected chi connectivity index (χ4v) is 2.89. The molecule has 1 fully saturated rings. The van der Waals surface area contributed by atoms with Crippen LogP contribution in [0.15, 0.2) is 5.16 Å². The lowest BCUT2D eigenvalue weighted by Crippen LogP contribution is -2.06. The summed E-state index contributed by atoms with van der Waals surface area (Å²) in [5, 5.41) is 8.22. The molecule has 0 spiro atoms. The van der Waals surface area contributed by atoms with Crippen molar-refractivity contribution >= 4 is 11.8 Å². The summed E-state index contributed by atoms with van der Waals surface area (Å²) in [6.45, 7) is 0.743. The molecule has 1 aliphatic carbocycles. The second-order valence-corrected chi connectivity index (χ2v) is 5.39. The third-order valence-electron chi connectivity index (χ3n) is 3.05. The van der Waals surface area contributed by atoms with Gasteiger partial charge in [0.2, 0.25) is 5.16 Å². The Balaban J connectivity index is 1.85. The van der Waals surface area contributed by atoms with Gasteiger partial charge < -0.3 is 5.73 Å². The summed E-state index contributed by atoms with van der Waals surface area (Å²) < 4.78 is 0. The van der Waals surface area contributed by atoms with Gasteiger partial charge in [0.15, 0.2) is 0 Å². The zero-order chi connectivity index (χ0) is 11.2. The van der Waals surface area contributed by atoms with E-state index in [1.807, 2.05) is 0 Å². The van der Waals surface area contributed by atoms with Crippen LogP contribution in [0.5, 0.6) is 0 Å². The number of aromatic amines is 1. The molecule has 0 unspecified atom stereocenters. The maximum absolute atomic E-state index is 5.45. The van der Waals surface area contributed by atoms with E-state index in [2.05, 4.69) is 15.2 Å². The molecule has 1 saturated carbocycles. The molecular formula is C11H20N4S. The highest BCUT2D eigenvalue weighted by Crippen LogP contribution is 2.31. The van der Waals surface area contributed by atoms with Gasteiger partial charge in [-0.1, -0.05) is 31.0 Å². The standard InChI is InChI=1S/C11H20N4S/c12-7-4-8-16-11-13-10(14-15-11)9-5-2-1-3-6-9/h9H,1-8,12H2,(H,13,14,15). The van der Waals surface area contributed by atoms with E-state index in [4.69, 9.17) is 5.73 Å². The number of nitrogens with one attached hydrogen (secondary N) is 1. The molecule has 1 aromatic rings. The Morgan fingerprint density at radius 2 is 2.12 bits per heavy atom. The molecule has 1 heterocycles. The summed E-state index contributed by atoms with van der Waals surface area (Å²) in [6, 6.07) is 0. The Hall–Kier alpha value is -0.550. The van der Waals surface area contributed by atoms with Crippen LogP contribution in [0, 0.1) is 0 Å². The fourth-order valence-electron chi connectivity index (χ4n) is 2.13. The van der Waals surface area contributed by atoms with Crippen molar-refractivity contribution in [2.45, 2.75) is 49.6 Å². The van der Waals surface area contributed by atoms with E-state index in [0.717, 1.165) is 29.7 Å². The van der Waals surface area contributed by atoms with E-state index >= 15 is 0 Å². The van der Waals surface area contributed by atoms with Crippen LogP contribution in [0.2, 0.25) is 0 Å². The van der Waals surface area contributed by atoms with Gasteiger partial charge >= 0.3 is 0 Å². The zero-order valence-corrected chi connectivity index (χ0v) is 10.4. The van der Waals surface area contributed by atoms with Crippen molar-refractivity contribution < 1.29 is 0 Å². The first-order chi connectivity index (χ1) is 7.90. The Kier molecular flexibility index (Phi) is 4.66. The first-order valence-electron chi connectivity index (χ1n) is 6.15. The molecule has 1 aliphatic rings. The van der Waals surface area contributed by atoms with Crippen LogP contribution >= 0.6 is 11.8 Å². The average molecular weight is 240 g/mol. The fraction of sp³-hybridized carbons (Fsp3) is 0.818. The maximum atomic E-state index is 5.45. The summed E-state index contributed by atoms with van der Waals surface area (Å²) in [6.07, 6.45) is 7.60. The summed E-state index contributed by atoms with van der Waals surface area (Å²) in [5.41, 5.74) is 5.45. The lowest BCUT2D eigenvalue weighted by atomic mass is 9.89. The van der Waals surface area contributed by atoms with Crippen molar-refractivity contribution in [1.29, 1.82) is 0 Å². The molecular weight excluding hydrogens is 220 g/mol. The molecule has 0 atom stereocenters. The van der Waals surface area contributed by atoms with Crippen LogP contribution < -0.4 is 5.73 Å². The first kappa shape index (κ1) is 11.9. The van der Waals surface area contributed by atoms with Gasteiger partial charge in [0.25, 0.3) is 0 Å². The van der Waals surface area contributed by atoms with E-state index < -0.39 is 0 Å². The third kappa shape index (κ3) is 3.22. The minimum Gasteiger partial charge on any atom is -0.330 e. The van der Waals surface area contributed by atoms with Crippen LogP contribution in [0.25, 0.3) is 0 Å². The highest BCUT2D eigenvalue weighted by Gasteiger charge is 2.18. The largest absolute Gasteiger partial charge is 0.330 e. The van der Waals surface area contributed by atoms with Crippen LogP contribution in [0.1, 0.15) is 50.3 Å². The van der Waals surface area contributed by atoms with E-state index in [1.165, 1.54) is 32.1 Å². The van der Waals surface area contributed by atoms with Gasteiger partial charge in [-0.25, -0.2) is 4.98 Å². The average Bonchev–Trinajstić information content (AvgIpc) is 2.79. The number of hydrogen-bond acceptors (Lipinski definition) is 4. The quantitative estimate of drug-likeness (QED) is 0.612. The molecule has 0 radical (unpaired) electrons. The third-order valence-corrected chi connectivity index (χ3v) is 3.99. The van der Waals surface area contributed by atoms with Gasteiger partial charge in [0, 0.05) is 11.7 Å². The number of nitrogens with zero attached hydrogens (tertiary/aromatic N) is 2. The minimum absolute atomic E-state index is 0.616. The highest BCUT2D eigenvalue weighted by atomic mass is 32.2. The van der Waals surface area contributed by atoms with E-state index in [9.17, 15) is 0 Å². The van der Waals surface area contributed by atoms with Crippen molar-refractivity contribution in [3.63, 3.8) is 0 Å². The molecule has 0 saturated heterocycles. The zero-order valence-electron chi connectivity index (χ0n) is 9.61. The van der Waals surface area contributed by atoms with E-state index in [0.29, 0.717) is 5.92 Å². The van der Waals surface area contributed by atoms with Crippen molar-refractivity contribution in [3.8, 4) is 0 Å². The summed E-state index contributed by atoms with van der Waals surface area (Å²) in [5.74, 6) is 2.72. The number of rotatable bonds is 5. The van der Waals surface area contributed by atoms with Gasteiger partial charge in [-0.05, 0) is 25.8 Å². The monoisotopic (exact) mass is 240 g/mol. The smallest absolute Gasteiger partial charge is 0.208 e. The molecule has 0 amide bonds. The van der Waals surface area contributed by atoms with Gasteiger partial charge in [0.05, 0.1) is 0 Å². The molecule has 4 nitrogen and oxygen atoms in total. The van der Waals surface area contributed by atoms with Gasteiger partial charge in [-0.3, -0.25) is 5.10 Å². The van der Waals surface area contributed by atoms with Crippen molar-refractivity contribution in [2.75, 3.05) is 12.3 Å². The number of H-pyrrole nitrogens is 1. The van der Waals surface area contributed by atoms with Crippen LogP contribution in [0.3, 0.4) is 0 Å². The van der Waals surface area contributed by atoms with E-state index in [1.54, 1.807) is 11.8 Å². The van der Waals surface area contributed by atoms with Crippen LogP contribution in [0.4, 0.5) is 0 Å². The lowest BCUT2D eigenvalue weighted by molar-refractivity contribution is 0.429. The SMILES string of the molecule is NCCCSc1n[nH]c(C2CCCCC2)n1. The molecule has 0 bridgehead atoms. The van der Waals surface area contributed by atoms with Crippen molar-refractivity contribution in [2.24, 2.45) is 5.73 Å². The number of aromatic nitrogens is 3. The molecule has 0 aromatic carbocycles. The first-order valence-corrected chi connectivity index (χ1v) is 7.14. The molecule has 3 N–H and O–H groups in total. The van der Waals surface area contributed by atoms with Crippen LogP contribution in [-0.2, 0) is 0 Å². The Morgan fingerprint density at radius 3 is 2.88 bits per heavy atom. The molecule has 2 rings (SSSR count). The second-order valence-electron chi connectivity index (χ2n) is 4.33.